The first kappa shape index (κ1) is 11.9. The number of ether oxygens (including phenoxy) is 1. The van der Waals surface area contributed by atoms with Gasteiger partial charge in [-0.3, -0.25) is 4.79 Å². The lowest BCUT2D eigenvalue weighted by Gasteiger charge is -2.14. The van der Waals surface area contributed by atoms with Crippen LogP contribution >= 0.6 is 22.9 Å². The minimum absolute atomic E-state index is 0.0970. The second-order valence-electron chi connectivity index (χ2n) is 3.89. The van der Waals surface area contributed by atoms with Crippen molar-refractivity contribution in [3.05, 3.63) is 21.3 Å². The van der Waals surface area contributed by atoms with Gasteiger partial charge in [0.15, 0.2) is 0 Å². The molecule has 0 aliphatic heterocycles. The van der Waals surface area contributed by atoms with Crippen LogP contribution in [-0.4, -0.2) is 19.6 Å². The number of thiophene rings is 1. The van der Waals surface area contributed by atoms with E-state index in [1.54, 1.807) is 7.11 Å². The maximum Gasteiger partial charge on any atom is 0.223 e. The zero-order valence-electron chi connectivity index (χ0n) is 9.03. The molecule has 0 spiro atoms. The highest BCUT2D eigenvalue weighted by Gasteiger charge is 2.29. The van der Waals surface area contributed by atoms with Gasteiger partial charge < -0.3 is 10.1 Å². The highest BCUT2D eigenvalue weighted by atomic mass is 35.5. The minimum atomic E-state index is -0.0970. The van der Waals surface area contributed by atoms with Crippen LogP contribution < -0.4 is 5.32 Å². The number of rotatable bonds is 5. The molecule has 1 aromatic heterocycles. The summed E-state index contributed by atoms with van der Waals surface area (Å²) in [6.45, 7) is 0.517. The first-order valence-electron chi connectivity index (χ1n) is 5.26. The van der Waals surface area contributed by atoms with Gasteiger partial charge in [0.2, 0.25) is 5.91 Å². The number of methoxy groups -OCH3 is 1. The SMILES string of the molecule is CO[C@@H](CNC(=O)C1CC1)c1ccc(Cl)s1. The quantitative estimate of drug-likeness (QED) is 0.883. The molecule has 1 aliphatic carbocycles. The Hall–Kier alpha value is -0.580. The van der Waals surface area contributed by atoms with E-state index >= 15 is 0 Å². The summed E-state index contributed by atoms with van der Waals surface area (Å²) in [5, 5.41) is 2.90. The monoisotopic (exact) mass is 259 g/mol. The highest BCUT2D eigenvalue weighted by Crippen LogP contribution is 2.30. The van der Waals surface area contributed by atoms with Gasteiger partial charge in [-0.25, -0.2) is 0 Å². The van der Waals surface area contributed by atoms with Crippen LogP contribution in [0.2, 0.25) is 4.34 Å². The Labute approximate surface area is 104 Å². The fraction of sp³-hybridized carbons (Fsp3) is 0.545. The molecule has 0 bridgehead atoms. The van der Waals surface area contributed by atoms with Crippen molar-refractivity contribution in [1.82, 2.24) is 5.32 Å². The summed E-state index contributed by atoms with van der Waals surface area (Å²) in [5.74, 6) is 0.383. The Kier molecular flexibility index (Phi) is 3.84. The molecule has 1 aliphatic rings. The first-order valence-corrected chi connectivity index (χ1v) is 6.46. The first-order chi connectivity index (χ1) is 7.70. The van der Waals surface area contributed by atoms with Crippen molar-refractivity contribution in [3.63, 3.8) is 0 Å². The maximum atomic E-state index is 11.5. The van der Waals surface area contributed by atoms with E-state index in [9.17, 15) is 4.79 Å². The number of hydrogen-bond donors (Lipinski definition) is 1. The van der Waals surface area contributed by atoms with Gasteiger partial charge in [0, 0.05) is 24.4 Å². The molecule has 5 heteroatoms. The summed E-state index contributed by atoms with van der Waals surface area (Å²) in [7, 11) is 1.64. The van der Waals surface area contributed by atoms with Crippen molar-refractivity contribution in [2.75, 3.05) is 13.7 Å². The van der Waals surface area contributed by atoms with Gasteiger partial charge in [-0.2, -0.15) is 0 Å². The summed E-state index contributed by atoms with van der Waals surface area (Å²) in [6, 6.07) is 3.78. The molecular formula is C11H14ClNO2S. The lowest BCUT2D eigenvalue weighted by molar-refractivity contribution is -0.122. The van der Waals surface area contributed by atoms with Gasteiger partial charge in [0.05, 0.1) is 4.34 Å². The van der Waals surface area contributed by atoms with E-state index in [1.807, 2.05) is 12.1 Å². The molecule has 0 aromatic carbocycles. The van der Waals surface area contributed by atoms with Crippen LogP contribution in [0.1, 0.15) is 23.8 Å². The summed E-state index contributed by atoms with van der Waals surface area (Å²) < 4.78 is 6.08. The highest BCUT2D eigenvalue weighted by molar-refractivity contribution is 7.16. The molecule has 1 amide bonds. The minimum Gasteiger partial charge on any atom is -0.374 e. The van der Waals surface area contributed by atoms with Gasteiger partial charge in [-0.1, -0.05) is 11.6 Å². The topological polar surface area (TPSA) is 38.3 Å². The average Bonchev–Trinajstić information content (AvgIpc) is 3.03. The van der Waals surface area contributed by atoms with Crippen LogP contribution in [0.25, 0.3) is 0 Å². The lowest BCUT2D eigenvalue weighted by atomic mass is 10.3. The number of hydrogen-bond acceptors (Lipinski definition) is 3. The third kappa shape index (κ3) is 2.97. The summed E-state index contributed by atoms with van der Waals surface area (Å²) in [5.41, 5.74) is 0. The smallest absolute Gasteiger partial charge is 0.223 e. The van der Waals surface area contributed by atoms with Crippen LogP contribution in [0, 0.1) is 5.92 Å². The molecule has 2 rings (SSSR count). The van der Waals surface area contributed by atoms with E-state index in [1.165, 1.54) is 11.3 Å². The zero-order chi connectivity index (χ0) is 11.5. The molecule has 0 unspecified atom stereocenters. The van der Waals surface area contributed by atoms with Crippen LogP contribution in [0.15, 0.2) is 12.1 Å². The molecular weight excluding hydrogens is 246 g/mol. The molecule has 1 heterocycles. The summed E-state index contributed by atoms with van der Waals surface area (Å²) >= 11 is 7.35. The van der Waals surface area contributed by atoms with E-state index in [2.05, 4.69) is 5.32 Å². The molecule has 1 saturated carbocycles. The second kappa shape index (κ2) is 5.17. The van der Waals surface area contributed by atoms with Gasteiger partial charge in [0.25, 0.3) is 0 Å². The molecule has 1 atom stereocenters. The largest absolute Gasteiger partial charge is 0.374 e. The van der Waals surface area contributed by atoms with E-state index in [0.29, 0.717) is 6.54 Å². The van der Waals surface area contributed by atoms with Gasteiger partial charge >= 0.3 is 0 Å². The average molecular weight is 260 g/mol. The predicted molar refractivity (Wildman–Crippen MR) is 64.8 cm³/mol. The van der Waals surface area contributed by atoms with Crippen LogP contribution in [0.3, 0.4) is 0 Å². The summed E-state index contributed by atoms with van der Waals surface area (Å²) in [6.07, 6.45) is 1.95. The fourth-order valence-electron chi connectivity index (χ4n) is 1.48. The number of carbonyl (C=O) groups is 1. The van der Waals surface area contributed by atoms with Gasteiger partial charge in [-0.15, -0.1) is 11.3 Å². The standard InChI is InChI=1S/C11H14ClNO2S/c1-15-8(9-4-5-10(12)16-9)6-13-11(14)7-2-3-7/h4-5,7-8H,2-3,6H2,1H3,(H,13,14)/t8-/m0/s1. The fourth-order valence-corrected chi connectivity index (χ4v) is 2.62. The molecule has 1 N–H and O–H groups in total. The molecule has 1 fully saturated rings. The molecule has 88 valence electrons. The number of nitrogens with one attached hydrogen (secondary N) is 1. The van der Waals surface area contributed by atoms with Crippen molar-refractivity contribution >= 4 is 28.8 Å². The van der Waals surface area contributed by atoms with Crippen LogP contribution in [0.4, 0.5) is 0 Å². The number of amides is 1. The predicted octanol–water partition coefficient (Wildman–Crippen LogP) is 2.62. The maximum absolute atomic E-state index is 11.5. The molecule has 0 saturated heterocycles. The summed E-state index contributed by atoms with van der Waals surface area (Å²) in [4.78, 5) is 12.5. The van der Waals surface area contributed by atoms with E-state index < -0.39 is 0 Å². The number of halogens is 1. The second-order valence-corrected chi connectivity index (χ2v) is 5.63. The van der Waals surface area contributed by atoms with Crippen molar-refractivity contribution in [2.24, 2.45) is 5.92 Å². The zero-order valence-corrected chi connectivity index (χ0v) is 10.6. The Morgan fingerprint density at radius 2 is 2.44 bits per heavy atom. The molecule has 16 heavy (non-hydrogen) atoms. The van der Waals surface area contributed by atoms with E-state index in [-0.39, 0.29) is 17.9 Å². The Morgan fingerprint density at radius 1 is 1.69 bits per heavy atom. The molecule has 0 radical (unpaired) electrons. The van der Waals surface area contributed by atoms with Crippen molar-refractivity contribution in [1.29, 1.82) is 0 Å². The van der Waals surface area contributed by atoms with Crippen LogP contribution in [0.5, 0.6) is 0 Å². The Morgan fingerprint density at radius 3 is 2.94 bits per heavy atom. The van der Waals surface area contributed by atoms with E-state index in [4.69, 9.17) is 16.3 Å². The van der Waals surface area contributed by atoms with Gasteiger partial charge in [0.1, 0.15) is 6.10 Å². The lowest BCUT2D eigenvalue weighted by Crippen LogP contribution is -2.29. The van der Waals surface area contributed by atoms with E-state index in [0.717, 1.165) is 22.1 Å². The third-order valence-electron chi connectivity index (χ3n) is 2.61. The number of carbonyl (C=O) groups excluding carboxylic acids is 1. The Balaban J connectivity index is 1.87. The van der Waals surface area contributed by atoms with Crippen LogP contribution in [-0.2, 0) is 9.53 Å². The Bertz CT molecular complexity index is 376. The molecule has 1 aromatic rings. The van der Waals surface area contributed by atoms with Crippen molar-refractivity contribution in [3.8, 4) is 0 Å². The van der Waals surface area contributed by atoms with Gasteiger partial charge in [-0.05, 0) is 25.0 Å². The normalized spacial score (nSPS) is 17.1. The molecule has 3 nitrogen and oxygen atoms in total. The third-order valence-corrected chi connectivity index (χ3v) is 3.93. The van der Waals surface area contributed by atoms with Crippen molar-refractivity contribution < 1.29 is 9.53 Å². The van der Waals surface area contributed by atoms with Crippen molar-refractivity contribution in [2.45, 2.75) is 18.9 Å².